The number of hydrogen-bond donors (Lipinski definition) is 1. The van der Waals surface area contributed by atoms with Gasteiger partial charge in [-0.15, -0.1) is 0 Å². The molecule has 2 aromatic carbocycles. The van der Waals surface area contributed by atoms with Crippen molar-refractivity contribution >= 4 is 10.9 Å². The van der Waals surface area contributed by atoms with Crippen LogP contribution in [0.2, 0.25) is 0 Å². The molecule has 6 heteroatoms. The van der Waals surface area contributed by atoms with Gasteiger partial charge in [-0.05, 0) is 36.4 Å². The first kappa shape index (κ1) is 14.3. The van der Waals surface area contributed by atoms with Crippen molar-refractivity contribution in [2.75, 3.05) is 14.2 Å². The molecule has 0 atom stereocenters. The van der Waals surface area contributed by atoms with Crippen LogP contribution < -0.4 is 15.0 Å². The Kier molecular flexibility index (Phi) is 3.23. The van der Waals surface area contributed by atoms with Gasteiger partial charge in [0.05, 0.1) is 31.0 Å². The van der Waals surface area contributed by atoms with Gasteiger partial charge in [0, 0.05) is 17.6 Å². The number of H-pyrrole nitrogens is 1. The van der Waals surface area contributed by atoms with E-state index in [2.05, 4.69) is 10.1 Å². The summed E-state index contributed by atoms with van der Waals surface area (Å²) in [5, 5.41) is 5.40. The molecule has 120 valence electrons. The zero-order valence-corrected chi connectivity index (χ0v) is 13.2. The fourth-order valence-corrected chi connectivity index (χ4v) is 2.77. The molecule has 6 nitrogen and oxygen atoms in total. The molecular weight excluding hydrogens is 306 g/mol. The molecule has 0 saturated carbocycles. The average molecular weight is 321 g/mol. The van der Waals surface area contributed by atoms with E-state index in [1.165, 1.54) is 4.68 Å². The first-order chi connectivity index (χ1) is 11.7. The highest BCUT2D eigenvalue weighted by Crippen LogP contribution is 2.28. The number of aromatic nitrogens is 3. The van der Waals surface area contributed by atoms with E-state index in [-0.39, 0.29) is 5.56 Å². The minimum absolute atomic E-state index is 0.163. The molecule has 0 fully saturated rings. The Labute approximate surface area is 137 Å². The lowest BCUT2D eigenvalue weighted by Crippen LogP contribution is -2.14. The number of nitrogens with zero attached hydrogens (tertiary/aromatic N) is 2. The van der Waals surface area contributed by atoms with E-state index in [9.17, 15) is 4.79 Å². The predicted octanol–water partition coefficient (Wildman–Crippen LogP) is 2.84. The Morgan fingerprint density at radius 2 is 1.71 bits per heavy atom. The Balaban J connectivity index is 1.94. The van der Waals surface area contributed by atoms with Crippen molar-refractivity contribution in [2.45, 2.75) is 0 Å². The molecule has 24 heavy (non-hydrogen) atoms. The highest BCUT2D eigenvalue weighted by Gasteiger charge is 2.19. The lowest BCUT2D eigenvalue weighted by Gasteiger charge is -2.05. The minimum Gasteiger partial charge on any atom is -0.497 e. The average Bonchev–Trinajstić information content (AvgIpc) is 2.98. The molecule has 0 radical (unpaired) electrons. The van der Waals surface area contributed by atoms with Crippen molar-refractivity contribution < 1.29 is 9.47 Å². The van der Waals surface area contributed by atoms with E-state index in [0.29, 0.717) is 16.9 Å². The quantitative estimate of drug-likeness (QED) is 0.630. The maximum atomic E-state index is 12.7. The summed E-state index contributed by atoms with van der Waals surface area (Å²) in [6.45, 7) is 0. The van der Waals surface area contributed by atoms with Gasteiger partial charge in [-0.2, -0.15) is 9.78 Å². The number of fused-ring (bicyclic) bond motifs is 3. The number of pyridine rings is 1. The Morgan fingerprint density at radius 3 is 2.42 bits per heavy atom. The van der Waals surface area contributed by atoms with Crippen LogP contribution in [0.4, 0.5) is 0 Å². The van der Waals surface area contributed by atoms with Crippen molar-refractivity contribution in [3.8, 4) is 28.4 Å². The van der Waals surface area contributed by atoms with Crippen LogP contribution in [0.1, 0.15) is 0 Å². The number of aromatic amines is 1. The van der Waals surface area contributed by atoms with Crippen LogP contribution in [0.3, 0.4) is 0 Å². The zero-order chi connectivity index (χ0) is 16.7. The molecular formula is C18H15N3O3. The van der Waals surface area contributed by atoms with Crippen LogP contribution >= 0.6 is 0 Å². The second-order valence-electron chi connectivity index (χ2n) is 5.38. The molecule has 2 aromatic rings. The molecule has 0 aromatic heterocycles. The van der Waals surface area contributed by atoms with Gasteiger partial charge in [0.1, 0.15) is 17.2 Å². The van der Waals surface area contributed by atoms with E-state index < -0.39 is 0 Å². The van der Waals surface area contributed by atoms with Crippen LogP contribution in [-0.4, -0.2) is 29.0 Å². The van der Waals surface area contributed by atoms with Crippen LogP contribution in [0.5, 0.6) is 11.5 Å². The van der Waals surface area contributed by atoms with Gasteiger partial charge in [0.2, 0.25) is 0 Å². The number of benzene rings is 2. The van der Waals surface area contributed by atoms with Crippen molar-refractivity contribution in [3.05, 3.63) is 59.0 Å². The molecule has 2 aliphatic rings. The van der Waals surface area contributed by atoms with Crippen LogP contribution in [0, 0.1) is 0 Å². The molecule has 2 heterocycles. The summed E-state index contributed by atoms with van der Waals surface area (Å²) in [4.78, 5) is 15.8. The number of methoxy groups -OCH3 is 2. The maximum absolute atomic E-state index is 12.7. The third-order valence-electron chi connectivity index (χ3n) is 4.05. The Morgan fingerprint density at radius 1 is 1.00 bits per heavy atom. The first-order valence-corrected chi connectivity index (χ1v) is 7.44. The van der Waals surface area contributed by atoms with E-state index in [1.54, 1.807) is 44.7 Å². The third-order valence-corrected chi connectivity index (χ3v) is 4.05. The topological polar surface area (TPSA) is 69.1 Å². The smallest absolute Gasteiger partial charge is 0.282 e. The molecule has 1 N–H and O–H groups in total. The van der Waals surface area contributed by atoms with Crippen LogP contribution in [0.15, 0.2) is 53.5 Å². The number of ether oxygens (including phenoxy) is 2. The van der Waals surface area contributed by atoms with Gasteiger partial charge in [-0.1, -0.05) is 0 Å². The van der Waals surface area contributed by atoms with Gasteiger partial charge < -0.3 is 14.5 Å². The summed E-state index contributed by atoms with van der Waals surface area (Å²) >= 11 is 0. The number of hydrogen-bond acceptors (Lipinski definition) is 4. The van der Waals surface area contributed by atoms with Crippen molar-refractivity contribution in [3.63, 3.8) is 0 Å². The lowest BCUT2D eigenvalue weighted by atomic mass is 10.1. The van der Waals surface area contributed by atoms with Crippen molar-refractivity contribution in [1.82, 2.24) is 14.8 Å². The number of nitrogens with one attached hydrogen (secondary N) is 1. The van der Waals surface area contributed by atoms with E-state index >= 15 is 0 Å². The highest BCUT2D eigenvalue weighted by molar-refractivity contribution is 5.93. The molecule has 0 spiro atoms. The lowest BCUT2D eigenvalue weighted by molar-refractivity contribution is 0.414. The van der Waals surface area contributed by atoms with Gasteiger partial charge in [0.25, 0.3) is 5.56 Å². The summed E-state index contributed by atoms with van der Waals surface area (Å²) in [5.74, 6) is 1.48. The van der Waals surface area contributed by atoms with Gasteiger partial charge >= 0.3 is 0 Å². The maximum Gasteiger partial charge on any atom is 0.282 e. The SMILES string of the molecule is COc1ccc(-n2nc3c4ccc(OC)cc4[nH]cc-3c2=O)cc1. The Bertz CT molecular complexity index is 1050. The minimum atomic E-state index is -0.163. The second-order valence-corrected chi connectivity index (χ2v) is 5.38. The molecule has 0 aliphatic carbocycles. The molecule has 0 saturated heterocycles. The second kappa shape index (κ2) is 5.42. The fraction of sp³-hybridized carbons (Fsp3) is 0.111. The summed E-state index contributed by atoms with van der Waals surface area (Å²) < 4.78 is 11.8. The summed E-state index contributed by atoms with van der Waals surface area (Å²) in [5.41, 5.74) is 2.60. The largest absolute Gasteiger partial charge is 0.497 e. The Hall–Kier alpha value is -3.28. The van der Waals surface area contributed by atoms with Gasteiger partial charge in [-0.25, -0.2) is 0 Å². The van der Waals surface area contributed by atoms with Gasteiger partial charge in [0.15, 0.2) is 0 Å². The molecule has 2 aliphatic heterocycles. The first-order valence-electron chi connectivity index (χ1n) is 7.44. The molecule has 0 bridgehead atoms. The van der Waals surface area contributed by atoms with Gasteiger partial charge in [-0.3, -0.25) is 4.79 Å². The number of rotatable bonds is 3. The zero-order valence-electron chi connectivity index (χ0n) is 13.2. The monoisotopic (exact) mass is 321 g/mol. The summed E-state index contributed by atoms with van der Waals surface area (Å²) in [6.07, 6.45) is 1.69. The van der Waals surface area contributed by atoms with E-state index in [4.69, 9.17) is 9.47 Å². The standard InChI is InChI=1S/C18H15N3O3/c1-23-12-5-3-11(4-6-12)21-18(22)15-10-19-16-9-13(24-2)7-8-14(16)17(15)20-21/h3-10,19H,1-2H3. The van der Waals surface area contributed by atoms with E-state index in [1.807, 2.05) is 18.2 Å². The molecule has 0 unspecified atom stereocenters. The fourth-order valence-electron chi connectivity index (χ4n) is 2.77. The van der Waals surface area contributed by atoms with Crippen molar-refractivity contribution in [2.24, 2.45) is 0 Å². The van der Waals surface area contributed by atoms with Crippen LogP contribution in [0.25, 0.3) is 27.8 Å². The molecule has 4 rings (SSSR count). The summed E-state index contributed by atoms with van der Waals surface area (Å²) in [7, 11) is 3.22. The van der Waals surface area contributed by atoms with Crippen molar-refractivity contribution in [1.29, 1.82) is 0 Å². The predicted molar refractivity (Wildman–Crippen MR) is 91.4 cm³/mol. The van der Waals surface area contributed by atoms with Crippen LogP contribution in [-0.2, 0) is 0 Å². The highest BCUT2D eigenvalue weighted by atomic mass is 16.5. The van der Waals surface area contributed by atoms with E-state index in [0.717, 1.165) is 22.4 Å². The molecule has 0 amide bonds. The normalized spacial score (nSPS) is 11.1. The summed E-state index contributed by atoms with van der Waals surface area (Å²) in [6, 6.07) is 12.9. The third kappa shape index (κ3) is 2.11.